The molecule has 0 atom stereocenters. The second-order valence-corrected chi connectivity index (χ2v) is 19.0. The number of anilines is 2. The Labute approximate surface area is 495 Å². The van der Waals surface area contributed by atoms with E-state index in [9.17, 15) is 14.4 Å². The third-order valence-electron chi connectivity index (χ3n) is 12.2. The van der Waals surface area contributed by atoms with E-state index >= 15 is 0 Å². The van der Waals surface area contributed by atoms with Gasteiger partial charge in [0.25, 0.3) is 0 Å². The van der Waals surface area contributed by atoms with Crippen molar-refractivity contribution in [2.75, 3.05) is 30.9 Å². The van der Waals surface area contributed by atoms with E-state index in [1.165, 1.54) is 90.5 Å². The Morgan fingerprint density at radius 2 is 0.912 bits per heavy atom. The van der Waals surface area contributed by atoms with Gasteiger partial charge in [-0.25, -0.2) is 39.3 Å². The molecule has 0 saturated heterocycles. The number of hydrogen-bond acceptors (Lipinski definition) is 14. The molecule has 0 unspecified atom stereocenters. The largest absolute Gasteiger partial charge is 0.453 e. The van der Waals surface area contributed by atoms with Crippen LogP contribution in [-0.2, 0) is 14.2 Å². The minimum absolute atomic E-state index is 0. The van der Waals surface area contributed by atoms with E-state index in [1.54, 1.807) is 0 Å². The summed E-state index contributed by atoms with van der Waals surface area (Å²) < 4.78 is 15.6. The molecule has 14 nitrogen and oxygen atoms in total. The summed E-state index contributed by atoms with van der Waals surface area (Å²) in [6.07, 6.45) is 1.63. The lowest BCUT2D eigenvalue weighted by molar-refractivity contribution is 0.154. The van der Waals surface area contributed by atoms with Gasteiger partial charge in [-0.15, -0.1) is 4.99 Å². The fourth-order valence-corrected chi connectivity index (χ4v) is 10.5. The molecule has 3 aliphatic rings. The number of isothiocyanates is 1. The third kappa shape index (κ3) is 15.0. The molecule has 3 aliphatic carbocycles. The van der Waals surface area contributed by atoms with Crippen LogP contribution >= 0.6 is 70.0 Å². The molecule has 12 rings (SSSR count). The summed E-state index contributed by atoms with van der Waals surface area (Å²) in [5, 5.41) is 5.50. The van der Waals surface area contributed by atoms with Gasteiger partial charge >= 0.3 is 17.6 Å². The molecule has 0 fully saturated rings. The molecule has 2 amide bonds. The molecule has 0 saturated carbocycles. The first-order valence-corrected chi connectivity index (χ1v) is 25.5. The molecule has 3 heterocycles. The number of nitrogens with one attached hydrogen (secondary N) is 1. The average Bonchev–Trinajstić information content (AvgIpc) is 4.36. The highest BCUT2D eigenvalue weighted by Gasteiger charge is 2.31. The molecule has 414 valence electrons. The van der Waals surface area contributed by atoms with Crippen molar-refractivity contribution in [3.8, 4) is 33.4 Å². The van der Waals surface area contributed by atoms with Crippen molar-refractivity contribution in [2.24, 2.45) is 4.99 Å². The van der Waals surface area contributed by atoms with Crippen molar-refractivity contribution in [2.45, 2.75) is 54.9 Å². The fraction of sp³-hybridized carbons (Fsp3) is 0.183. The molecule has 80 heavy (non-hydrogen) atoms. The van der Waals surface area contributed by atoms with Crippen LogP contribution in [0.2, 0.25) is 15.7 Å². The standard InChI is InChI=1S/C20H13ClN4O2S.C16H11NO2S.C15H11ClO2.C4H3Cl2N3.5CH4/c21-18-22-9-16-17(24-18)28-19(23-16)25-20(26)27-10-15-13-7-3-1-5-11(13)12-6-2-4-8-14(12)15;18-16(17-10-20)19-9-15-13-7-3-1-5-11(13)12-6-2-4-8-14(12)15;16-15(17)18-9-14-12-7-3-1-5-10(12)11-6-2-4-8-13(11)14;5-3-2(7)1-8-4(6)9-3;;;;;/h1-9,15H,10H2,(H,23,25,26);1-8,15H,9H2;1-8,14H,9H2;1H,7H2;5*1H4. The van der Waals surface area contributed by atoms with Crippen LogP contribution in [0.5, 0.6) is 0 Å². The first kappa shape index (κ1) is 64.9. The van der Waals surface area contributed by atoms with E-state index in [1.807, 2.05) is 78.0 Å². The molecule has 0 aliphatic heterocycles. The quantitative estimate of drug-likeness (QED) is 0.0383. The summed E-state index contributed by atoms with van der Waals surface area (Å²) in [6, 6.07) is 49.1. The first-order valence-electron chi connectivity index (χ1n) is 22.7. The summed E-state index contributed by atoms with van der Waals surface area (Å²) in [5.41, 5.74) is 19.7. The maximum atomic E-state index is 12.3. The molecule has 0 bridgehead atoms. The number of thiocarbonyl (C=S) groups is 1. The van der Waals surface area contributed by atoms with E-state index in [0.717, 1.165) is 0 Å². The zero-order valence-electron chi connectivity index (χ0n) is 38.9. The number of carbonyl (C=O) groups is 3. The third-order valence-corrected chi connectivity index (χ3v) is 14.0. The molecule has 3 aromatic heterocycles. The van der Waals surface area contributed by atoms with Gasteiger partial charge in [-0.1, -0.05) is 206 Å². The molecule has 0 spiro atoms. The van der Waals surface area contributed by atoms with E-state index in [4.69, 9.17) is 66.3 Å². The number of ether oxygens (including phenoxy) is 3. The number of amides is 2. The van der Waals surface area contributed by atoms with Gasteiger partial charge in [-0.05, 0) is 102 Å². The SMILES string of the molecule is C.C.C.C.C.Nc1cnc(Cl)nc1Cl.O=C(Cl)OCC1c2ccccc2-c2ccccc21.O=C(N=C=S)OCC1c2ccccc2-c2ccccc21.O=C(Nc1nc2cnc(Cl)nc2s1)OCC1c2ccccc2-c2ccccc21. The summed E-state index contributed by atoms with van der Waals surface area (Å²) in [4.78, 5) is 57.7. The zero-order chi connectivity index (χ0) is 52.4. The number of rotatable bonds is 7. The predicted molar refractivity (Wildman–Crippen MR) is 330 cm³/mol. The van der Waals surface area contributed by atoms with Gasteiger partial charge in [-0.2, -0.15) is 0 Å². The van der Waals surface area contributed by atoms with Gasteiger partial charge in [0.05, 0.1) is 23.2 Å². The summed E-state index contributed by atoms with van der Waals surface area (Å²) in [7, 11) is 0. The highest BCUT2D eigenvalue weighted by atomic mass is 35.5. The van der Waals surface area contributed by atoms with Gasteiger partial charge in [0.2, 0.25) is 10.6 Å². The lowest BCUT2D eigenvalue weighted by atomic mass is 9.98. The van der Waals surface area contributed by atoms with Crippen LogP contribution in [0, 0.1) is 0 Å². The number of nitrogen functional groups attached to an aromatic ring is 1. The van der Waals surface area contributed by atoms with E-state index in [-0.39, 0.29) is 90.4 Å². The summed E-state index contributed by atoms with van der Waals surface area (Å²) in [6.45, 7) is 0.792. The number of nitrogens with zero attached hydrogens (tertiary/aromatic N) is 6. The van der Waals surface area contributed by atoms with E-state index < -0.39 is 17.6 Å². The normalized spacial score (nSPS) is 11.4. The van der Waals surface area contributed by atoms with Crippen molar-refractivity contribution in [1.29, 1.82) is 0 Å². The first-order chi connectivity index (χ1) is 36.5. The minimum atomic E-state index is -0.753. The van der Waals surface area contributed by atoms with Crippen molar-refractivity contribution >= 4 is 114 Å². The number of benzene rings is 6. The van der Waals surface area contributed by atoms with Crippen LogP contribution in [0.25, 0.3) is 43.7 Å². The Balaban J connectivity index is 0.000000238. The number of aromatic nitrogens is 5. The number of hydrogen-bond donors (Lipinski definition) is 2. The Hall–Kier alpha value is -7.66. The van der Waals surface area contributed by atoms with Crippen LogP contribution < -0.4 is 11.1 Å². The van der Waals surface area contributed by atoms with Crippen molar-refractivity contribution in [1.82, 2.24) is 24.9 Å². The molecular formula is C60H58Cl4N8O6S2. The zero-order valence-corrected chi connectivity index (χ0v) is 43.6. The van der Waals surface area contributed by atoms with Crippen LogP contribution in [0.15, 0.2) is 163 Å². The maximum absolute atomic E-state index is 12.3. The topological polar surface area (TPSA) is 194 Å². The summed E-state index contributed by atoms with van der Waals surface area (Å²) >= 11 is 27.4. The van der Waals surface area contributed by atoms with Gasteiger partial charge in [-0.3, -0.25) is 5.32 Å². The van der Waals surface area contributed by atoms with Gasteiger partial charge in [0.1, 0.15) is 30.2 Å². The van der Waals surface area contributed by atoms with Gasteiger partial charge in [0.15, 0.2) is 10.3 Å². The average molecular weight is 1190 g/mol. The monoisotopic (exact) mass is 1190 g/mol. The number of carbonyl (C=O) groups excluding carboxylic acids is 3. The van der Waals surface area contributed by atoms with Crippen molar-refractivity contribution in [3.63, 3.8) is 0 Å². The minimum Gasteiger partial charge on any atom is -0.453 e. The number of halogens is 4. The number of aliphatic imine (C=N–C) groups is 1. The lowest BCUT2D eigenvalue weighted by Gasteiger charge is -2.14. The Morgan fingerprint density at radius 3 is 1.29 bits per heavy atom. The van der Waals surface area contributed by atoms with E-state index in [2.05, 4.69) is 120 Å². The number of nitrogens with two attached hydrogens (primary N) is 1. The highest BCUT2D eigenvalue weighted by molar-refractivity contribution is 7.78. The van der Waals surface area contributed by atoms with Crippen LogP contribution in [0.3, 0.4) is 0 Å². The van der Waals surface area contributed by atoms with Crippen LogP contribution in [-0.4, -0.2) is 67.5 Å². The van der Waals surface area contributed by atoms with Crippen molar-refractivity contribution < 1.29 is 28.6 Å². The Morgan fingerprint density at radius 1 is 0.550 bits per heavy atom. The second-order valence-electron chi connectivity index (χ2n) is 16.5. The second kappa shape index (κ2) is 30.1. The lowest BCUT2D eigenvalue weighted by Crippen LogP contribution is -2.17. The Kier molecular flexibility index (Phi) is 24.4. The molecular weight excluding hydrogens is 1130 g/mol. The highest BCUT2D eigenvalue weighted by Crippen LogP contribution is 2.47. The van der Waals surface area contributed by atoms with Crippen molar-refractivity contribution in [3.05, 3.63) is 207 Å². The maximum Gasteiger partial charge on any atom is 0.442 e. The van der Waals surface area contributed by atoms with Crippen LogP contribution in [0.1, 0.15) is 88.3 Å². The number of thiazole rings is 1. The molecule has 0 radical (unpaired) electrons. The van der Waals surface area contributed by atoms with E-state index in [0.29, 0.717) is 21.2 Å². The predicted octanol–water partition coefficient (Wildman–Crippen LogP) is 17.9. The molecule has 6 aromatic carbocycles. The van der Waals surface area contributed by atoms with Gasteiger partial charge in [0, 0.05) is 29.4 Å². The van der Waals surface area contributed by atoms with Crippen LogP contribution in [0.4, 0.5) is 25.2 Å². The summed E-state index contributed by atoms with van der Waals surface area (Å²) in [5.74, 6) is 0.143. The van der Waals surface area contributed by atoms with Gasteiger partial charge < -0.3 is 19.9 Å². The molecule has 20 heteroatoms. The molecule has 3 N–H and O–H groups in total. The fourth-order valence-electron chi connectivity index (χ4n) is 9.09. The Bertz CT molecular complexity index is 3520. The number of fused-ring (bicyclic) bond motifs is 10. The smallest absolute Gasteiger partial charge is 0.442 e. The molecule has 9 aromatic rings.